The van der Waals surface area contributed by atoms with E-state index in [1.807, 2.05) is 13.8 Å². The van der Waals surface area contributed by atoms with Gasteiger partial charge in [0.05, 0.1) is 11.7 Å². The topological polar surface area (TPSA) is 40.5 Å². The van der Waals surface area contributed by atoms with Crippen molar-refractivity contribution in [1.29, 1.82) is 0 Å². The first-order valence-corrected chi connectivity index (χ1v) is 12.6. The summed E-state index contributed by atoms with van der Waals surface area (Å²) in [5.74, 6) is 1.60. The molecule has 0 amide bonds. The molecule has 0 aliphatic heterocycles. The highest BCUT2D eigenvalue weighted by Gasteiger charge is 2.60. The molecule has 168 valence electrons. The SMILES string of the molecule is C=C1C(=CC=C2CCC[C@]3(C)[C@@H](C4(CCCC(C)(C)O)CC4)CC[C@@H]23)CCC[C@@H]1O. The van der Waals surface area contributed by atoms with E-state index in [-0.39, 0.29) is 6.10 Å². The summed E-state index contributed by atoms with van der Waals surface area (Å²) in [5, 5.41) is 20.3. The van der Waals surface area contributed by atoms with Crippen molar-refractivity contribution in [3.05, 3.63) is 35.5 Å². The van der Waals surface area contributed by atoms with E-state index in [0.29, 0.717) is 10.8 Å². The fourth-order valence-electron chi connectivity index (χ4n) is 7.48. The van der Waals surface area contributed by atoms with Crippen LogP contribution in [0.5, 0.6) is 0 Å². The van der Waals surface area contributed by atoms with Crippen LogP contribution in [0.15, 0.2) is 35.5 Å². The fourth-order valence-corrected chi connectivity index (χ4v) is 7.48. The van der Waals surface area contributed by atoms with Gasteiger partial charge in [-0.25, -0.2) is 0 Å². The average molecular weight is 413 g/mol. The van der Waals surface area contributed by atoms with Crippen molar-refractivity contribution in [3.63, 3.8) is 0 Å². The molecule has 0 heterocycles. The lowest BCUT2D eigenvalue weighted by Gasteiger charge is -2.45. The largest absolute Gasteiger partial charge is 0.390 e. The van der Waals surface area contributed by atoms with Crippen molar-refractivity contribution in [2.45, 2.75) is 116 Å². The molecular weight excluding hydrogens is 368 g/mol. The second kappa shape index (κ2) is 8.24. The van der Waals surface area contributed by atoms with Gasteiger partial charge in [0.15, 0.2) is 0 Å². The third kappa shape index (κ3) is 4.37. The Balaban J connectivity index is 1.48. The van der Waals surface area contributed by atoms with E-state index in [9.17, 15) is 10.2 Å². The zero-order valence-electron chi connectivity index (χ0n) is 19.7. The number of aliphatic hydroxyl groups is 2. The van der Waals surface area contributed by atoms with E-state index < -0.39 is 5.60 Å². The third-order valence-electron chi connectivity index (χ3n) is 9.30. The molecular formula is C28H44O2. The smallest absolute Gasteiger partial charge is 0.0787 e. The van der Waals surface area contributed by atoms with Crippen molar-refractivity contribution in [3.8, 4) is 0 Å². The molecule has 30 heavy (non-hydrogen) atoms. The molecule has 0 unspecified atom stereocenters. The van der Waals surface area contributed by atoms with Gasteiger partial charge in [-0.05, 0) is 125 Å². The van der Waals surface area contributed by atoms with Gasteiger partial charge in [-0.1, -0.05) is 37.6 Å². The minimum atomic E-state index is -0.525. The summed E-state index contributed by atoms with van der Waals surface area (Å²) < 4.78 is 0. The van der Waals surface area contributed by atoms with E-state index in [0.717, 1.165) is 43.1 Å². The van der Waals surface area contributed by atoms with E-state index in [2.05, 4.69) is 25.7 Å². The molecule has 4 rings (SSSR count). The van der Waals surface area contributed by atoms with Gasteiger partial charge in [0, 0.05) is 0 Å². The highest BCUT2D eigenvalue weighted by Crippen LogP contribution is 2.70. The Morgan fingerprint density at radius 1 is 1.07 bits per heavy atom. The summed E-state index contributed by atoms with van der Waals surface area (Å²) in [6.45, 7) is 10.7. The Labute approximate surface area is 184 Å². The Morgan fingerprint density at radius 3 is 2.53 bits per heavy atom. The molecule has 0 aromatic carbocycles. The predicted octanol–water partition coefficient (Wildman–Crippen LogP) is 6.88. The molecule has 4 saturated carbocycles. The Bertz CT molecular complexity index is 717. The highest BCUT2D eigenvalue weighted by atomic mass is 16.3. The van der Waals surface area contributed by atoms with Gasteiger partial charge in [0.25, 0.3) is 0 Å². The van der Waals surface area contributed by atoms with E-state index in [4.69, 9.17) is 0 Å². The second-order valence-electron chi connectivity index (χ2n) is 11.9. The molecule has 2 N–H and O–H groups in total. The van der Waals surface area contributed by atoms with Crippen LogP contribution in [0.1, 0.15) is 104 Å². The minimum Gasteiger partial charge on any atom is -0.390 e. The summed E-state index contributed by atoms with van der Waals surface area (Å²) in [7, 11) is 0. The van der Waals surface area contributed by atoms with E-state index in [1.54, 1.807) is 5.57 Å². The van der Waals surface area contributed by atoms with Gasteiger partial charge in [-0.3, -0.25) is 0 Å². The number of rotatable bonds is 6. The average Bonchev–Trinajstić information content (AvgIpc) is 3.35. The van der Waals surface area contributed by atoms with Crippen LogP contribution in [-0.2, 0) is 0 Å². The van der Waals surface area contributed by atoms with Crippen molar-refractivity contribution < 1.29 is 10.2 Å². The van der Waals surface area contributed by atoms with Crippen LogP contribution in [0, 0.1) is 22.7 Å². The second-order valence-corrected chi connectivity index (χ2v) is 11.9. The van der Waals surface area contributed by atoms with E-state index in [1.165, 1.54) is 63.4 Å². The molecule has 4 atom stereocenters. The van der Waals surface area contributed by atoms with Crippen LogP contribution >= 0.6 is 0 Å². The van der Waals surface area contributed by atoms with Crippen LogP contribution in [0.4, 0.5) is 0 Å². The van der Waals surface area contributed by atoms with Crippen LogP contribution in [0.25, 0.3) is 0 Å². The zero-order valence-corrected chi connectivity index (χ0v) is 19.7. The van der Waals surface area contributed by atoms with Gasteiger partial charge in [-0.2, -0.15) is 0 Å². The summed E-state index contributed by atoms with van der Waals surface area (Å²) in [6.07, 6.45) is 20.3. The third-order valence-corrected chi connectivity index (χ3v) is 9.30. The molecule has 0 aromatic rings. The van der Waals surface area contributed by atoms with Gasteiger partial charge in [0.1, 0.15) is 0 Å². The molecule has 2 nitrogen and oxygen atoms in total. The lowest BCUT2D eigenvalue weighted by Crippen LogP contribution is -2.37. The predicted molar refractivity (Wildman–Crippen MR) is 125 cm³/mol. The molecule has 4 fully saturated rings. The number of aliphatic hydroxyl groups excluding tert-OH is 1. The molecule has 0 saturated heterocycles. The number of fused-ring (bicyclic) bond motifs is 1. The first-order chi connectivity index (χ1) is 14.1. The molecule has 4 aliphatic rings. The van der Waals surface area contributed by atoms with Crippen LogP contribution in [0.3, 0.4) is 0 Å². The standard InChI is InChI=1S/C28H44O2/c1-20-21(8-5-10-24(20)29)11-12-22-9-6-16-27(4)23(22)13-14-25(27)28(18-19-28)17-7-15-26(2,3)30/h11-12,23-25,29-30H,1,5-10,13-19H2,2-4H3/t23-,24-,25-,27-/m0/s1. The van der Waals surface area contributed by atoms with Gasteiger partial charge >= 0.3 is 0 Å². The molecule has 0 spiro atoms. The minimum absolute atomic E-state index is 0.338. The summed E-state index contributed by atoms with van der Waals surface area (Å²) >= 11 is 0. The normalized spacial score (nSPS) is 38.8. The molecule has 2 heteroatoms. The van der Waals surface area contributed by atoms with Crippen molar-refractivity contribution in [2.75, 3.05) is 0 Å². The van der Waals surface area contributed by atoms with Crippen LogP contribution in [-0.4, -0.2) is 21.9 Å². The Kier molecular flexibility index (Phi) is 6.14. The van der Waals surface area contributed by atoms with Gasteiger partial charge in [-0.15, -0.1) is 0 Å². The van der Waals surface area contributed by atoms with Gasteiger partial charge < -0.3 is 10.2 Å². The van der Waals surface area contributed by atoms with Crippen LogP contribution < -0.4 is 0 Å². The summed E-state index contributed by atoms with van der Waals surface area (Å²) in [5.41, 5.74) is 4.38. The van der Waals surface area contributed by atoms with Crippen molar-refractivity contribution >= 4 is 0 Å². The Hall–Kier alpha value is -0.860. The molecule has 0 bridgehead atoms. The lowest BCUT2D eigenvalue weighted by molar-refractivity contribution is 0.0521. The molecule has 0 aromatic heterocycles. The number of allylic oxidation sites excluding steroid dienone is 3. The number of hydrogen-bond donors (Lipinski definition) is 2. The van der Waals surface area contributed by atoms with Crippen LogP contribution in [0.2, 0.25) is 0 Å². The zero-order chi connectivity index (χ0) is 21.6. The number of hydrogen-bond acceptors (Lipinski definition) is 2. The first-order valence-electron chi connectivity index (χ1n) is 12.6. The van der Waals surface area contributed by atoms with Crippen molar-refractivity contribution in [2.24, 2.45) is 22.7 Å². The summed E-state index contributed by atoms with van der Waals surface area (Å²) in [4.78, 5) is 0. The maximum absolute atomic E-state index is 10.2. The highest BCUT2D eigenvalue weighted by molar-refractivity contribution is 5.38. The molecule has 0 radical (unpaired) electrons. The van der Waals surface area contributed by atoms with Gasteiger partial charge in [0.2, 0.25) is 0 Å². The maximum Gasteiger partial charge on any atom is 0.0787 e. The summed E-state index contributed by atoms with van der Waals surface area (Å²) in [6, 6.07) is 0. The fraction of sp³-hybridized carbons (Fsp3) is 0.786. The maximum atomic E-state index is 10.2. The lowest BCUT2D eigenvalue weighted by atomic mass is 9.59. The monoisotopic (exact) mass is 412 g/mol. The first kappa shape index (κ1) is 22.3. The quantitative estimate of drug-likeness (QED) is 0.499. The van der Waals surface area contributed by atoms with E-state index >= 15 is 0 Å². The Morgan fingerprint density at radius 2 is 1.83 bits per heavy atom. The molecule has 4 aliphatic carbocycles. The van der Waals surface area contributed by atoms with Crippen molar-refractivity contribution in [1.82, 2.24) is 0 Å².